The van der Waals surface area contributed by atoms with Gasteiger partial charge in [0.15, 0.2) is 5.82 Å². The summed E-state index contributed by atoms with van der Waals surface area (Å²) in [5.41, 5.74) is 0.305. The van der Waals surface area contributed by atoms with E-state index in [-0.39, 0.29) is 0 Å². The molecule has 100 valence electrons. The number of carbonyl (C=O) groups is 1. The molecule has 8 nitrogen and oxygen atoms in total. The lowest BCUT2D eigenvalue weighted by Crippen LogP contribution is -2.13. The molecule has 0 unspecified atom stereocenters. The van der Waals surface area contributed by atoms with Crippen LogP contribution in [0.15, 0.2) is 18.9 Å². The van der Waals surface area contributed by atoms with Gasteiger partial charge in [-0.15, -0.1) is 0 Å². The Labute approximate surface area is 109 Å². The molecule has 0 amide bonds. The molecule has 1 N–H and O–H groups in total. The van der Waals surface area contributed by atoms with Crippen LogP contribution in [0, 0.1) is 0 Å². The molecule has 19 heavy (non-hydrogen) atoms. The van der Waals surface area contributed by atoms with Gasteiger partial charge in [0.05, 0.1) is 7.11 Å². The highest BCUT2D eigenvalue weighted by molar-refractivity contribution is 5.94. The van der Waals surface area contributed by atoms with Gasteiger partial charge in [0.25, 0.3) is 0 Å². The molecule has 8 heteroatoms. The summed E-state index contributed by atoms with van der Waals surface area (Å²) in [7, 11) is 3.13. The average molecular weight is 262 g/mol. The quantitative estimate of drug-likeness (QED) is 0.760. The summed E-state index contributed by atoms with van der Waals surface area (Å²) < 4.78 is 6.30. The normalized spacial score (nSPS) is 10.2. The number of hydrogen-bond acceptors (Lipinski definition) is 7. The zero-order chi connectivity index (χ0) is 13.7. The number of nitrogens with one attached hydrogen (secondary N) is 1. The van der Waals surface area contributed by atoms with Gasteiger partial charge in [0.1, 0.15) is 24.0 Å². The molecule has 2 heterocycles. The van der Waals surface area contributed by atoms with Gasteiger partial charge >= 0.3 is 5.97 Å². The molecule has 0 aliphatic carbocycles. The fraction of sp³-hybridized carbons (Fsp3) is 0.364. The van der Waals surface area contributed by atoms with Crippen LogP contribution >= 0.6 is 0 Å². The minimum Gasteiger partial charge on any atom is -0.465 e. The Hall–Kier alpha value is -2.51. The minimum atomic E-state index is -0.473. The second kappa shape index (κ2) is 5.89. The Morgan fingerprint density at radius 3 is 3.00 bits per heavy atom. The summed E-state index contributed by atoms with van der Waals surface area (Å²) in [5.74, 6) is 0.695. The average Bonchev–Trinajstić information content (AvgIpc) is 2.84. The number of esters is 1. The van der Waals surface area contributed by atoms with E-state index in [0.29, 0.717) is 24.3 Å². The molecular formula is C11H14N6O2. The highest BCUT2D eigenvalue weighted by Crippen LogP contribution is 2.10. The molecule has 2 rings (SSSR count). The van der Waals surface area contributed by atoms with Crippen molar-refractivity contribution in [3.63, 3.8) is 0 Å². The van der Waals surface area contributed by atoms with Gasteiger partial charge in [-0.05, 0) is 0 Å². The molecule has 0 aromatic carbocycles. The van der Waals surface area contributed by atoms with Gasteiger partial charge in [0.2, 0.25) is 0 Å². The van der Waals surface area contributed by atoms with E-state index in [1.165, 1.54) is 19.6 Å². The first-order valence-electron chi connectivity index (χ1n) is 5.67. The maximum Gasteiger partial charge on any atom is 0.343 e. The van der Waals surface area contributed by atoms with Crippen LogP contribution in [0.2, 0.25) is 0 Å². The van der Waals surface area contributed by atoms with Crippen LogP contribution in [0.4, 0.5) is 5.82 Å². The van der Waals surface area contributed by atoms with Crippen LogP contribution in [0.5, 0.6) is 0 Å². The first-order chi connectivity index (χ1) is 9.20. The molecule has 0 radical (unpaired) electrons. The van der Waals surface area contributed by atoms with Crippen molar-refractivity contribution in [3.05, 3.63) is 30.2 Å². The van der Waals surface area contributed by atoms with Crippen LogP contribution in [-0.2, 0) is 18.2 Å². The highest BCUT2D eigenvalue weighted by atomic mass is 16.5. The summed E-state index contributed by atoms with van der Waals surface area (Å²) in [5, 5.41) is 7.20. The Bertz CT molecular complexity index is 568. The van der Waals surface area contributed by atoms with Gasteiger partial charge < -0.3 is 10.1 Å². The van der Waals surface area contributed by atoms with E-state index in [0.717, 1.165) is 5.82 Å². The standard InChI is InChI=1S/C11H14N6O2/c1-17-7-15-9(16-17)3-4-13-10-8(11(18)19-2)5-12-6-14-10/h5-7H,3-4H2,1-2H3,(H,12,13,14). The molecule has 0 atom stereocenters. The third-order valence-corrected chi connectivity index (χ3v) is 2.41. The van der Waals surface area contributed by atoms with E-state index in [4.69, 9.17) is 0 Å². The second-order valence-electron chi connectivity index (χ2n) is 3.79. The van der Waals surface area contributed by atoms with E-state index in [1.54, 1.807) is 11.0 Å². The molecule has 0 saturated heterocycles. The van der Waals surface area contributed by atoms with Crippen molar-refractivity contribution >= 4 is 11.8 Å². The zero-order valence-corrected chi connectivity index (χ0v) is 10.7. The van der Waals surface area contributed by atoms with Crippen molar-refractivity contribution in [2.75, 3.05) is 19.0 Å². The summed E-state index contributed by atoms with van der Waals surface area (Å²) >= 11 is 0. The molecule has 0 aliphatic rings. The predicted molar refractivity (Wildman–Crippen MR) is 66.6 cm³/mol. The van der Waals surface area contributed by atoms with Gasteiger partial charge in [0, 0.05) is 26.2 Å². The van der Waals surface area contributed by atoms with E-state index < -0.39 is 5.97 Å². The lowest BCUT2D eigenvalue weighted by Gasteiger charge is -2.07. The van der Waals surface area contributed by atoms with E-state index in [2.05, 4.69) is 30.1 Å². The molecule has 0 fully saturated rings. The van der Waals surface area contributed by atoms with Gasteiger partial charge in [-0.2, -0.15) is 5.10 Å². The maximum atomic E-state index is 11.5. The topological polar surface area (TPSA) is 94.8 Å². The lowest BCUT2D eigenvalue weighted by atomic mass is 10.3. The van der Waals surface area contributed by atoms with Crippen LogP contribution in [0.1, 0.15) is 16.2 Å². The molecule has 0 bridgehead atoms. The van der Waals surface area contributed by atoms with Crippen molar-refractivity contribution in [2.24, 2.45) is 7.05 Å². The van der Waals surface area contributed by atoms with E-state index in [1.807, 2.05) is 7.05 Å². The summed E-state index contributed by atoms with van der Waals surface area (Å²) in [6.07, 6.45) is 5.05. The third kappa shape index (κ3) is 3.24. The third-order valence-electron chi connectivity index (χ3n) is 2.41. The number of hydrogen-bond donors (Lipinski definition) is 1. The number of anilines is 1. The fourth-order valence-corrected chi connectivity index (χ4v) is 1.52. The molecular weight excluding hydrogens is 248 g/mol. The second-order valence-corrected chi connectivity index (χ2v) is 3.79. The monoisotopic (exact) mass is 262 g/mol. The first kappa shape index (κ1) is 12.9. The number of aromatic nitrogens is 5. The number of aryl methyl sites for hydroxylation is 1. The fourth-order valence-electron chi connectivity index (χ4n) is 1.52. The molecule has 0 aliphatic heterocycles. The first-order valence-corrected chi connectivity index (χ1v) is 5.67. The summed E-state index contributed by atoms with van der Waals surface area (Å²) in [6.45, 7) is 0.561. The Balaban J connectivity index is 1.97. The molecule has 2 aromatic heterocycles. The number of methoxy groups -OCH3 is 1. The van der Waals surface area contributed by atoms with Gasteiger partial charge in [-0.25, -0.2) is 19.7 Å². The number of rotatable bonds is 5. The Kier molecular flexibility index (Phi) is 4.01. The van der Waals surface area contributed by atoms with Crippen LogP contribution in [-0.4, -0.2) is 44.4 Å². The number of nitrogens with zero attached hydrogens (tertiary/aromatic N) is 5. The van der Waals surface area contributed by atoms with Crippen molar-refractivity contribution in [1.82, 2.24) is 24.7 Å². The SMILES string of the molecule is COC(=O)c1cncnc1NCCc1ncn(C)n1. The van der Waals surface area contributed by atoms with Crippen molar-refractivity contribution in [2.45, 2.75) is 6.42 Å². The van der Waals surface area contributed by atoms with Gasteiger partial charge in [-0.1, -0.05) is 0 Å². The lowest BCUT2D eigenvalue weighted by molar-refractivity contribution is 0.0601. The van der Waals surface area contributed by atoms with Crippen LogP contribution in [0.25, 0.3) is 0 Å². The van der Waals surface area contributed by atoms with E-state index in [9.17, 15) is 4.79 Å². The summed E-state index contributed by atoms with van der Waals surface area (Å²) in [6, 6.07) is 0. The molecule has 2 aromatic rings. The molecule has 0 spiro atoms. The Morgan fingerprint density at radius 2 is 2.32 bits per heavy atom. The van der Waals surface area contributed by atoms with Crippen molar-refractivity contribution < 1.29 is 9.53 Å². The molecule has 0 saturated carbocycles. The van der Waals surface area contributed by atoms with Crippen molar-refractivity contribution in [1.29, 1.82) is 0 Å². The number of carbonyl (C=O) groups excluding carboxylic acids is 1. The van der Waals surface area contributed by atoms with Crippen LogP contribution in [0.3, 0.4) is 0 Å². The number of ether oxygens (including phenoxy) is 1. The van der Waals surface area contributed by atoms with Crippen molar-refractivity contribution in [3.8, 4) is 0 Å². The minimum absolute atomic E-state index is 0.305. The maximum absolute atomic E-state index is 11.5. The predicted octanol–water partition coefficient (Wildman–Crippen LogP) is 0.0463. The van der Waals surface area contributed by atoms with Crippen LogP contribution < -0.4 is 5.32 Å². The van der Waals surface area contributed by atoms with Gasteiger partial charge in [-0.3, -0.25) is 4.68 Å². The Morgan fingerprint density at radius 1 is 1.47 bits per heavy atom. The largest absolute Gasteiger partial charge is 0.465 e. The summed E-state index contributed by atoms with van der Waals surface area (Å²) in [4.78, 5) is 23.4. The smallest absolute Gasteiger partial charge is 0.343 e. The van der Waals surface area contributed by atoms with E-state index >= 15 is 0 Å². The highest BCUT2D eigenvalue weighted by Gasteiger charge is 2.12. The zero-order valence-electron chi connectivity index (χ0n) is 10.7.